The summed E-state index contributed by atoms with van der Waals surface area (Å²) in [5.41, 5.74) is 0.208. The minimum absolute atomic E-state index is 0.0727. The zero-order chi connectivity index (χ0) is 13.2. The predicted octanol–water partition coefficient (Wildman–Crippen LogP) is 0.706. The van der Waals surface area contributed by atoms with Gasteiger partial charge in [0.25, 0.3) is 5.24 Å². The Morgan fingerprint density at radius 2 is 2.33 bits per heavy atom. The smallest absolute Gasteiger partial charge is 0.279 e. The van der Waals surface area contributed by atoms with Crippen molar-refractivity contribution in [1.82, 2.24) is 16.0 Å². The van der Waals surface area contributed by atoms with Gasteiger partial charge >= 0.3 is 0 Å². The lowest BCUT2D eigenvalue weighted by molar-refractivity contribution is -0.122. The van der Waals surface area contributed by atoms with E-state index in [2.05, 4.69) is 29.8 Å². The van der Waals surface area contributed by atoms with Gasteiger partial charge in [-0.1, -0.05) is 25.6 Å². The van der Waals surface area contributed by atoms with Crippen LogP contribution in [0.15, 0.2) is 0 Å². The molecule has 0 aromatic rings. The summed E-state index contributed by atoms with van der Waals surface area (Å²) in [4.78, 5) is 22.9. The van der Waals surface area contributed by atoms with Gasteiger partial charge in [0.1, 0.15) is 6.04 Å². The number of nitrogens with one attached hydrogen (secondary N) is 3. The summed E-state index contributed by atoms with van der Waals surface area (Å²) in [6.45, 7) is 6.09. The van der Waals surface area contributed by atoms with Crippen molar-refractivity contribution >= 4 is 22.9 Å². The van der Waals surface area contributed by atoms with E-state index >= 15 is 0 Å². The fourth-order valence-electron chi connectivity index (χ4n) is 2.47. The Morgan fingerprint density at radius 1 is 1.56 bits per heavy atom. The van der Waals surface area contributed by atoms with Crippen LogP contribution in [0.5, 0.6) is 0 Å². The molecule has 2 atom stereocenters. The van der Waals surface area contributed by atoms with Crippen molar-refractivity contribution in [2.75, 3.05) is 18.8 Å². The van der Waals surface area contributed by atoms with Crippen LogP contribution < -0.4 is 16.0 Å². The first-order valence-electron chi connectivity index (χ1n) is 6.43. The van der Waals surface area contributed by atoms with E-state index in [4.69, 9.17) is 0 Å². The molecule has 2 saturated heterocycles. The molecule has 0 aromatic heterocycles. The van der Waals surface area contributed by atoms with E-state index in [0.717, 1.165) is 6.54 Å². The van der Waals surface area contributed by atoms with Gasteiger partial charge in [0.05, 0.1) is 0 Å². The van der Waals surface area contributed by atoms with Gasteiger partial charge in [-0.2, -0.15) is 0 Å². The van der Waals surface area contributed by atoms with E-state index in [0.29, 0.717) is 18.3 Å². The van der Waals surface area contributed by atoms with Crippen LogP contribution >= 0.6 is 11.8 Å². The fraction of sp³-hybridized carbons (Fsp3) is 0.833. The Balaban J connectivity index is 1.80. The average Bonchev–Trinajstić information content (AvgIpc) is 2.73. The summed E-state index contributed by atoms with van der Waals surface area (Å²) in [5, 5.41) is 8.95. The summed E-state index contributed by atoms with van der Waals surface area (Å²) in [6, 6.07) is -0.0610. The van der Waals surface area contributed by atoms with Gasteiger partial charge in [0.2, 0.25) is 5.91 Å². The van der Waals surface area contributed by atoms with Crippen LogP contribution in [0.2, 0.25) is 0 Å². The van der Waals surface area contributed by atoms with E-state index in [9.17, 15) is 9.59 Å². The SMILES string of the molecule is CC1(C)CCCNC1CNC(=O)C1CSC(=O)N1. The molecule has 5 nitrogen and oxygen atoms in total. The molecule has 0 aromatic carbocycles. The highest BCUT2D eigenvalue weighted by Crippen LogP contribution is 2.29. The molecule has 3 N–H and O–H groups in total. The number of rotatable bonds is 3. The Kier molecular flexibility index (Phi) is 4.17. The number of hydrogen-bond donors (Lipinski definition) is 3. The Morgan fingerprint density at radius 3 is 2.94 bits per heavy atom. The van der Waals surface area contributed by atoms with E-state index in [1.165, 1.54) is 24.6 Å². The first-order chi connectivity index (χ1) is 8.49. The Hall–Kier alpha value is -0.750. The highest BCUT2D eigenvalue weighted by Gasteiger charge is 2.33. The fourth-order valence-corrected chi connectivity index (χ4v) is 3.25. The molecule has 2 amide bonds. The van der Waals surface area contributed by atoms with Gasteiger partial charge in [0, 0.05) is 18.3 Å². The van der Waals surface area contributed by atoms with E-state index in [1.54, 1.807) is 0 Å². The zero-order valence-corrected chi connectivity index (χ0v) is 11.7. The Labute approximate surface area is 112 Å². The molecular formula is C12H21N3O2S. The maximum Gasteiger partial charge on any atom is 0.279 e. The summed E-state index contributed by atoms with van der Waals surface area (Å²) in [6.07, 6.45) is 2.36. The van der Waals surface area contributed by atoms with Crippen molar-refractivity contribution in [1.29, 1.82) is 0 Å². The number of piperidine rings is 1. The molecule has 2 aliphatic rings. The number of amides is 2. The number of thioether (sulfide) groups is 1. The molecule has 2 fully saturated rings. The molecule has 0 saturated carbocycles. The molecule has 6 heteroatoms. The van der Waals surface area contributed by atoms with Gasteiger partial charge in [-0.15, -0.1) is 0 Å². The maximum atomic E-state index is 11.9. The lowest BCUT2D eigenvalue weighted by Crippen LogP contribution is -2.54. The summed E-state index contributed by atoms with van der Waals surface area (Å²) in [5.74, 6) is 0.461. The van der Waals surface area contributed by atoms with Crippen LogP contribution in [0.1, 0.15) is 26.7 Å². The summed E-state index contributed by atoms with van der Waals surface area (Å²) in [7, 11) is 0. The number of carbonyl (C=O) groups is 2. The lowest BCUT2D eigenvalue weighted by atomic mass is 9.77. The minimum Gasteiger partial charge on any atom is -0.353 e. The maximum absolute atomic E-state index is 11.9. The topological polar surface area (TPSA) is 70.2 Å². The minimum atomic E-state index is -0.366. The Bertz CT molecular complexity index is 346. The van der Waals surface area contributed by atoms with Crippen LogP contribution in [0, 0.1) is 5.41 Å². The van der Waals surface area contributed by atoms with Crippen molar-refractivity contribution in [2.45, 2.75) is 38.8 Å². The van der Waals surface area contributed by atoms with Crippen molar-refractivity contribution in [3.63, 3.8) is 0 Å². The number of carbonyl (C=O) groups excluding carboxylic acids is 2. The second kappa shape index (κ2) is 5.48. The molecule has 2 rings (SSSR count). The first-order valence-corrected chi connectivity index (χ1v) is 7.42. The third-order valence-corrected chi connectivity index (χ3v) is 4.68. The first kappa shape index (κ1) is 13.7. The molecule has 0 bridgehead atoms. The lowest BCUT2D eigenvalue weighted by Gasteiger charge is -2.39. The second-order valence-corrected chi connectivity index (χ2v) is 6.63. The second-order valence-electron chi connectivity index (χ2n) is 5.64. The predicted molar refractivity (Wildman–Crippen MR) is 72.6 cm³/mol. The molecule has 2 unspecified atom stereocenters. The standard InChI is InChI=1S/C12H21N3O2S/c1-12(2)4-3-5-13-9(12)6-14-10(16)8-7-18-11(17)15-8/h8-9,13H,3-7H2,1-2H3,(H,14,16)(H,15,17). The molecule has 18 heavy (non-hydrogen) atoms. The van der Waals surface area contributed by atoms with E-state index < -0.39 is 0 Å². The largest absolute Gasteiger partial charge is 0.353 e. The van der Waals surface area contributed by atoms with Crippen LogP contribution in [0.25, 0.3) is 0 Å². The zero-order valence-electron chi connectivity index (χ0n) is 10.9. The van der Waals surface area contributed by atoms with Crippen molar-refractivity contribution in [2.24, 2.45) is 5.41 Å². The summed E-state index contributed by atoms with van der Waals surface area (Å²) >= 11 is 1.17. The van der Waals surface area contributed by atoms with Gasteiger partial charge in [-0.05, 0) is 24.8 Å². The molecule has 0 aliphatic carbocycles. The normalized spacial score (nSPS) is 30.9. The molecule has 102 valence electrons. The van der Waals surface area contributed by atoms with Gasteiger partial charge < -0.3 is 16.0 Å². The number of hydrogen-bond acceptors (Lipinski definition) is 4. The van der Waals surface area contributed by atoms with Gasteiger partial charge in [-0.25, -0.2) is 0 Å². The molecular weight excluding hydrogens is 250 g/mol. The van der Waals surface area contributed by atoms with Gasteiger partial charge in [0.15, 0.2) is 0 Å². The third kappa shape index (κ3) is 3.17. The van der Waals surface area contributed by atoms with Crippen molar-refractivity contribution in [3.05, 3.63) is 0 Å². The van der Waals surface area contributed by atoms with Crippen LogP contribution in [-0.2, 0) is 4.79 Å². The quantitative estimate of drug-likeness (QED) is 0.707. The average molecular weight is 271 g/mol. The van der Waals surface area contributed by atoms with Gasteiger partial charge in [-0.3, -0.25) is 9.59 Å². The molecule has 0 radical (unpaired) electrons. The monoisotopic (exact) mass is 271 g/mol. The molecule has 2 heterocycles. The van der Waals surface area contributed by atoms with Crippen LogP contribution in [0.4, 0.5) is 4.79 Å². The molecule has 2 aliphatic heterocycles. The highest BCUT2D eigenvalue weighted by atomic mass is 32.2. The van der Waals surface area contributed by atoms with E-state index in [-0.39, 0.29) is 22.6 Å². The van der Waals surface area contributed by atoms with Crippen molar-refractivity contribution in [3.8, 4) is 0 Å². The summed E-state index contributed by atoms with van der Waals surface area (Å²) < 4.78 is 0. The van der Waals surface area contributed by atoms with Crippen LogP contribution in [-0.4, -0.2) is 42.1 Å². The third-order valence-electron chi connectivity index (χ3n) is 3.80. The van der Waals surface area contributed by atoms with Crippen molar-refractivity contribution < 1.29 is 9.59 Å². The van der Waals surface area contributed by atoms with Crippen LogP contribution in [0.3, 0.4) is 0 Å². The highest BCUT2D eigenvalue weighted by molar-refractivity contribution is 8.14. The van der Waals surface area contributed by atoms with E-state index in [1.807, 2.05) is 0 Å². The molecule has 0 spiro atoms.